The molecule has 3 heterocycles. The van der Waals surface area contributed by atoms with Crippen molar-refractivity contribution in [1.82, 2.24) is 0 Å². The standard InChI is InChI=1S/C58H57BN2O/c1-34-27-36(3)52(37(4)28-34)40-13-19-45(20-14-40)60-50-23-15-41(53-38(5)29-35(2)30-39(53)6)31-48(50)59-55-51(60)32-42-25-26-62-56(42)54(55)47-33-44(58(10,11)12)18-24-49(47)61(59)46-21-16-43(17-22-46)57(7,8)9/h13-33H,1-12H3. The van der Waals surface area contributed by atoms with Crippen LogP contribution in [0.5, 0.6) is 0 Å². The molecule has 0 saturated carbocycles. The Morgan fingerprint density at radius 1 is 0.468 bits per heavy atom. The topological polar surface area (TPSA) is 19.6 Å². The highest BCUT2D eigenvalue weighted by molar-refractivity contribution is 6.94. The lowest BCUT2D eigenvalue weighted by molar-refractivity contribution is 0.590. The van der Waals surface area contributed by atoms with Gasteiger partial charge in [0, 0.05) is 45.0 Å². The fraction of sp³-hybridized carbons (Fsp3) is 0.241. The molecule has 0 aliphatic carbocycles. The largest absolute Gasteiger partial charge is 0.464 e. The fourth-order valence-corrected chi connectivity index (χ4v) is 10.8. The SMILES string of the molecule is Cc1cc(C)c(-c2ccc(N3c4ccc(-c5c(C)cc(C)cc5C)cc4B4c5c3cc3ccoc3c5-c3cc(C(C)(C)C)ccc3N4c3ccc(C(C)(C)C)cc3)cc2)c(C)c1. The molecule has 4 heteroatoms. The van der Waals surface area contributed by atoms with Gasteiger partial charge >= 0.3 is 6.85 Å². The Balaban J connectivity index is 1.29. The van der Waals surface area contributed by atoms with Crippen molar-refractivity contribution in [3.63, 3.8) is 0 Å². The van der Waals surface area contributed by atoms with Crippen LogP contribution in [0.15, 0.2) is 132 Å². The van der Waals surface area contributed by atoms with Crippen molar-refractivity contribution in [3.8, 4) is 33.4 Å². The third kappa shape index (κ3) is 6.33. The first-order chi connectivity index (χ1) is 29.5. The molecule has 7 aromatic carbocycles. The summed E-state index contributed by atoms with van der Waals surface area (Å²) < 4.78 is 6.59. The summed E-state index contributed by atoms with van der Waals surface area (Å²) in [7, 11) is 0. The van der Waals surface area contributed by atoms with Crippen LogP contribution in [-0.4, -0.2) is 6.85 Å². The zero-order chi connectivity index (χ0) is 43.6. The molecule has 2 aliphatic heterocycles. The Morgan fingerprint density at radius 3 is 1.60 bits per heavy atom. The summed E-state index contributed by atoms with van der Waals surface area (Å²) in [6.45, 7) is 27.0. The quantitative estimate of drug-likeness (QED) is 0.165. The van der Waals surface area contributed by atoms with Gasteiger partial charge in [0.05, 0.1) is 6.26 Å². The predicted octanol–water partition coefficient (Wildman–Crippen LogP) is 14.9. The van der Waals surface area contributed by atoms with Gasteiger partial charge in [0.25, 0.3) is 0 Å². The Bertz CT molecular complexity index is 3050. The zero-order valence-corrected chi connectivity index (χ0v) is 38.5. The van der Waals surface area contributed by atoms with E-state index in [0.717, 1.165) is 16.7 Å². The number of rotatable bonds is 4. The van der Waals surface area contributed by atoms with Crippen molar-refractivity contribution in [3.05, 3.63) is 172 Å². The van der Waals surface area contributed by atoms with Crippen LogP contribution in [0.2, 0.25) is 0 Å². The summed E-state index contributed by atoms with van der Waals surface area (Å²) in [4.78, 5) is 5.14. The molecule has 0 spiro atoms. The summed E-state index contributed by atoms with van der Waals surface area (Å²) in [6.07, 6.45) is 1.87. The highest BCUT2D eigenvalue weighted by Gasteiger charge is 2.46. The third-order valence-corrected chi connectivity index (χ3v) is 13.6. The maximum Gasteiger partial charge on any atom is 0.333 e. The normalized spacial score (nSPS) is 13.4. The van der Waals surface area contributed by atoms with Crippen LogP contribution in [-0.2, 0) is 10.8 Å². The van der Waals surface area contributed by atoms with Gasteiger partial charge < -0.3 is 14.1 Å². The Hall–Kier alpha value is -6.26. The number of nitrogens with zero attached hydrogens (tertiary/aromatic N) is 2. The maximum atomic E-state index is 6.59. The number of anilines is 5. The van der Waals surface area contributed by atoms with Gasteiger partial charge in [-0.1, -0.05) is 119 Å². The van der Waals surface area contributed by atoms with E-state index in [1.807, 2.05) is 6.26 Å². The molecule has 62 heavy (non-hydrogen) atoms. The molecule has 1 aromatic heterocycles. The summed E-state index contributed by atoms with van der Waals surface area (Å²) in [5.41, 5.74) is 27.2. The smallest absolute Gasteiger partial charge is 0.333 e. The first kappa shape index (κ1) is 39.9. The van der Waals surface area contributed by atoms with Gasteiger partial charge in [-0.05, 0) is 174 Å². The van der Waals surface area contributed by atoms with Crippen LogP contribution in [0.1, 0.15) is 86.1 Å². The van der Waals surface area contributed by atoms with Crippen molar-refractivity contribution in [1.29, 1.82) is 0 Å². The van der Waals surface area contributed by atoms with Crippen molar-refractivity contribution >= 4 is 57.2 Å². The molecule has 0 bridgehead atoms. The summed E-state index contributed by atoms with van der Waals surface area (Å²) >= 11 is 0. The molecule has 0 unspecified atom stereocenters. The number of benzene rings is 7. The Kier molecular flexibility index (Phi) is 9.09. The van der Waals surface area contributed by atoms with Gasteiger partial charge in [-0.25, -0.2) is 0 Å². The van der Waals surface area contributed by atoms with Crippen molar-refractivity contribution in [2.45, 2.75) is 93.9 Å². The third-order valence-electron chi connectivity index (χ3n) is 13.6. The van der Waals surface area contributed by atoms with Crippen LogP contribution >= 0.6 is 0 Å². The van der Waals surface area contributed by atoms with E-state index >= 15 is 0 Å². The lowest BCUT2D eigenvalue weighted by Crippen LogP contribution is -2.61. The van der Waals surface area contributed by atoms with Gasteiger partial charge in [-0.3, -0.25) is 0 Å². The highest BCUT2D eigenvalue weighted by atomic mass is 16.3. The van der Waals surface area contributed by atoms with Gasteiger partial charge in [0.2, 0.25) is 0 Å². The van der Waals surface area contributed by atoms with E-state index in [0.29, 0.717) is 0 Å². The second-order valence-corrected chi connectivity index (χ2v) is 20.3. The molecule has 0 fully saturated rings. The Morgan fingerprint density at radius 2 is 1.00 bits per heavy atom. The minimum atomic E-state index is -0.141. The molecular weight excluding hydrogens is 751 g/mol. The number of furan rings is 1. The minimum Gasteiger partial charge on any atom is -0.464 e. The highest BCUT2D eigenvalue weighted by Crippen LogP contribution is 2.50. The minimum absolute atomic E-state index is 0.0353. The number of hydrogen-bond donors (Lipinski definition) is 0. The summed E-state index contributed by atoms with van der Waals surface area (Å²) in [6, 6.07) is 46.7. The lowest BCUT2D eigenvalue weighted by Gasteiger charge is -2.46. The Labute approximate surface area is 369 Å². The van der Waals surface area contributed by atoms with Gasteiger partial charge in [0.1, 0.15) is 5.58 Å². The first-order valence-electron chi connectivity index (χ1n) is 22.3. The molecule has 308 valence electrons. The fourth-order valence-electron chi connectivity index (χ4n) is 10.8. The molecular formula is C58H57BN2O. The molecule has 0 N–H and O–H groups in total. The van der Waals surface area contributed by atoms with Crippen LogP contribution in [0, 0.1) is 41.5 Å². The first-order valence-corrected chi connectivity index (χ1v) is 22.3. The van der Waals surface area contributed by atoms with E-state index in [9.17, 15) is 0 Å². The lowest BCUT2D eigenvalue weighted by atomic mass is 9.43. The van der Waals surface area contributed by atoms with Gasteiger partial charge in [0.15, 0.2) is 0 Å². The van der Waals surface area contributed by atoms with Crippen LogP contribution in [0.3, 0.4) is 0 Å². The molecule has 3 nitrogen and oxygen atoms in total. The summed E-state index contributed by atoms with van der Waals surface area (Å²) in [5.74, 6) is 0. The van der Waals surface area contributed by atoms with Crippen LogP contribution in [0.25, 0.3) is 44.3 Å². The monoisotopic (exact) mass is 808 g/mol. The van der Waals surface area contributed by atoms with E-state index in [4.69, 9.17) is 4.42 Å². The number of fused-ring (bicyclic) bond motifs is 6. The van der Waals surface area contributed by atoms with Crippen molar-refractivity contribution < 1.29 is 4.42 Å². The van der Waals surface area contributed by atoms with E-state index < -0.39 is 0 Å². The van der Waals surface area contributed by atoms with E-state index in [1.165, 1.54) is 112 Å². The van der Waals surface area contributed by atoms with E-state index in [-0.39, 0.29) is 17.7 Å². The number of aryl methyl sites for hydroxylation is 6. The molecule has 0 radical (unpaired) electrons. The molecule has 10 rings (SSSR count). The summed E-state index contributed by atoms with van der Waals surface area (Å²) in [5, 5.41) is 1.10. The zero-order valence-electron chi connectivity index (χ0n) is 38.5. The molecule has 8 aromatic rings. The molecule has 2 aliphatic rings. The molecule has 0 amide bonds. The van der Waals surface area contributed by atoms with Crippen molar-refractivity contribution in [2.24, 2.45) is 0 Å². The average molecular weight is 809 g/mol. The second kappa shape index (κ2) is 14.1. The van der Waals surface area contributed by atoms with Gasteiger partial charge in [-0.15, -0.1) is 0 Å². The maximum absolute atomic E-state index is 6.59. The van der Waals surface area contributed by atoms with Crippen molar-refractivity contribution in [2.75, 3.05) is 9.71 Å². The molecule has 0 saturated heterocycles. The predicted molar refractivity (Wildman–Crippen MR) is 267 cm³/mol. The molecule has 0 atom stereocenters. The van der Waals surface area contributed by atoms with Crippen LogP contribution < -0.4 is 20.6 Å². The second-order valence-electron chi connectivity index (χ2n) is 20.3. The van der Waals surface area contributed by atoms with E-state index in [2.05, 4.69) is 214 Å². The van der Waals surface area contributed by atoms with Crippen LogP contribution in [0.4, 0.5) is 28.4 Å². The van der Waals surface area contributed by atoms with E-state index in [1.54, 1.807) is 0 Å². The van der Waals surface area contributed by atoms with Gasteiger partial charge in [-0.2, -0.15) is 0 Å². The average Bonchev–Trinajstić information content (AvgIpc) is 3.68. The number of hydrogen-bond acceptors (Lipinski definition) is 3.